The molecule has 3 nitrogen and oxygen atoms in total. The molecule has 0 aromatic heterocycles. The summed E-state index contributed by atoms with van der Waals surface area (Å²) in [6.07, 6.45) is 0. The van der Waals surface area contributed by atoms with Crippen LogP contribution in [0.5, 0.6) is 0 Å². The van der Waals surface area contributed by atoms with E-state index in [0.717, 1.165) is 38.6 Å². The Morgan fingerprint density at radius 2 is 1.16 bits per heavy atom. The number of nitrogens with zero attached hydrogens (tertiary/aromatic N) is 1. The Morgan fingerprint density at radius 3 is 1.84 bits per heavy atom. The third-order valence-electron chi connectivity index (χ3n) is 4.92. The Hall–Kier alpha value is -3.46. The number of nitro benzene ring substituents is 1. The molecule has 0 atom stereocenters. The number of nitro groups is 1. The Kier molecular flexibility index (Phi) is 2.80. The Labute approximate surface area is 144 Å². The molecule has 118 valence electrons. The van der Waals surface area contributed by atoms with Crippen molar-refractivity contribution in [3.63, 3.8) is 0 Å². The molecule has 4 aromatic carbocycles. The van der Waals surface area contributed by atoms with Crippen molar-refractivity contribution in [2.45, 2.75) is 0 Å². The minimum atomic E-state index is -0.279. The summed E-state index contributed by atoms with van der Waals surface area (Å²) in [6.45, 7) is 0. The monoisotopic (exact) mass is 323 g/mol. The van der Waals surface area contributed by atoms with Crippen LogP contribution < -0.4 is 0 Å². The van der Waals surface area contributed by atoms with Gasteiger partial charge in [-0.3, -0.25) is 10.1 Å². The molecule has 0 N–H and O–H groups in total. The maximum absolute atomic E-state index is 11.8. The normalized spacial score (nSPS) is 11.5. The van der Waals surface area contributed by atoms with E-state index in [2.05, 4.69) is 18.2 Å². The van der Waals surface area contributed by atoms with Crippen molar-refractivity contribution in [2.75, 3.05) is 0 Å². The van der Waals surface area contributed by atoms with Gasteiger partial charge < -0.3 is 0 Å². The van der Waals surface area contributed by atoms with Gasteiger partial charge in [0.2, 0.25) is 0 Å². The van der Waals surface area contributed by atoms with Crippen LogP contribution in [-0.2, 0) is 0 Å². The van der Waals surface area contributed by atoms with Gasteiger partial charge in [-0.05, 0) is 39.3 Å². The van der Waals surface area contributed by atoms with Crippen LogP contribution in [0.3, 0.4) is 0 Å². The molecule has 25 heavy (non-hydrogen) atoms. The largest absolute Gasteiger partial charge is 0.277 e. The van der Waals surface area contributed by atoms with E-state index >= 15 is 0 Å². The van der Waals surface area contributed by atoms with Crippen LogP contribution in [-0.4, -0.2) is 4.92 Å². The third kappa shape index (κ3) is 1.86. The Morgan fingerprint density at radius 1 is 0.600 bits per heavy atom. The summed E-state index contributed by atoms with van der Waals surface area (Å²) in [6, 6.07) is 25.7. The molecule has 3 heteroatoms. The van der Waals surface area contributed by atoms with Crippen molar-refractivity contribution >= 4 is 16.5 Å². The first-order valence-corrected chi connectivity index (χ1v) is 8.15. The number of fused-ring (bicyclic) bond motifs is 5. The first-order valence-electron chi connectivity index (χ1n) is 8.15. The van der Waals surface area contributed by atoms with E-state index < -0.39 is 0 Å². The molecule has 0 aliphatic heterocycles. The van der Waals surface area contributed by atoms with Gasteiger partial charge in [0.15, 0.2) is 0 Å². The van der Waals surface area contributed by atoms with Crippen LogP contribution in [0, 0.1) is 10.1 Å². The molecule has 0 spiro atoms. The van der Waals surface area contributed by atoms with Crippen LogP contribution in [0.25, 0.3) is 44.2 Å². The van der Waals surface area contributed by atoms with Gasteiger partial charge in [0.05, 0.1) is 10.5 Å². The summed E-state index contributed by atoms with van der Waals surface area (Å²) >= 11 is 0. The van der Waals surface area contributed by atoms with Gasteiger partial charge in [0.1, 0.15) is 0 Å². The predicted molar refractivity (Wildman–Crippen MR) is 100 cm³/mol. The smallest absolute Gasteiger partial charge is 0.258 e. The van der Waals surface area contributed by atoms with Gasteiger partial charge in [0.25, 0.3) is 5.69 Å². The molecule has 0 amide bonds. The predicted octanol–water partition coefficient (Wildman–Crippen LogP) is 6.06. The lowest BCUT2D eigenvalue weighted by molar-refractivity contribution is -0.384. The van der Waals surface area contributed by atoms with Crippen molar-refractivity contribution in [2.24, 2.45) is 0 Å². The van der Waals surface area contributed by atoms with Gasteiger partial charge >= 0.3 is 0 Å². The standard InChI is InChI=1S/C22H13NO2/c24-23(25)20-13-12-14-6-5-11-18-16-8-2-1-7-15(16)17-9-3-4-10-19(17)22(20)21(14)18/h1-13H. The maximum atomic E-state index is 11.8. The average Bonchev–Trinajstić information content (AvgIpc) is 2.78. The summed E-state index contributed by atoms with van der Waals surface area (Å²) < 4.78 is 0. The fourth-order valence-electron chi connectivity index (χ4n) is 3.91. The Balaban J connectivity index is 2.11. The van der Waals surface area contributed by atoms with Crippen LogP contribution >= 0.6 is 0 Å². The van der Waals surface area contributed by atoms with Crippen molar-refractivity contribution in [1.29, 1.82) is 0 Å². The minimum Gasteiger partial charge on any atom is -0.258 e. The lowest BCUT2D eigenvalue weighted by Gasteiger charge is -2.10. The van der Waals surface area contributed by atoms with E-state index in [9.17, 15) is 10.1 Å². The summed E-state index contributed by atoms with van der Waals surface area (Å²) in [4.78, 5) is 11.5. The SMILES string of the molecule is O=[N+]([O-])c1ccc2cccc3c2c1-c1ccccc1-c1ccccc1-3. The van der Waals surface area contributed by atoms with E-state index in [0.29, 0.717) is 5.56 Å². The molecule has 0 unspecified atom stereocenters. The first-order chi connectivity index (χ1) is 12.3. The molecular formula is C22H13NO2. The lowest BCUT2D eigenvalue weighted by Crippen LogP contribution is -1.94. The molecule has 1 aliphatic carbocycles. The number of benzene rings is 4. The highest BCUT2D eigenvalue weighted by Crippen LogP contribution is 2.50. The summed E-state index contributed by atoms with van der Waals surface area (Å²) in [5.41, 5.74) is 6.08. The molecule has 0 bridgehead atoms. The quantitative estimate of drug-likeness (QED) is 0.278. The van der Waals surface area contributed by atoms with E-state index in [1.165, 1.54) is 0 Å². The van der Waals surface area contributed by atoms with Crippen molar-refractivity contribution in [1.82, 2.24) is 0 Å². The van der Waals surface area contributed by atoms with Crippen LogP contribution in [0.2, 0.25) is 0 Å². The maximum Gasteiger partial charge on any atom is 0.277 e. The van der Waals surface area contributed by atoms with Crippen molar-refractivity contribution in [3.05, 3.63) is 89.0 Å². The van der Waals surface area contributed by atoms with E-state index in [-0.39, 0.29) is 10.6 Å². The highest BCUT2D eigenvalue weighted by atomic mass is 16.6. The molecule has 0 saturated heterocycles. The number of hydrogen-bond donors (Lipinski definition) is 0. The number of hydrogen-bond acceptors (Lipinski definition) is 2. The molecule has 4 aromatic rings. The molecule has 0 fully saturated rings. The van der Waals surface area contributed by atoms with Gasteiger partial charge in [-0.1, -0.05) is 66.7 Å². The zero-order valence-corrected chi connectivity index (χ0v) is 13.3. The first kappa shape index (κ1) is 13.9. The van der Waals surface area contributed by atoms with E-state index in [1.54, 1.807) is 6.07 Å². The molecule has 1 aliphatic rings. The average molecular weight is 323 g/mol. The van der Waals surface area contributed by atoms with Crippen LogP contribution in [0.15, 0.2) is 78.9 Å². The molecule has 5 rings (SSSR count). The molecule has 0 radical (unpaired) electrons. The fourth-order valence-corrected chi connectivity index (χ4v) is 3.91. The van der Waals surface area contributed by atoms with E-state index in [1.807, 2.05) is 54.6 Å². The zero-order chi connectivity index (χ0) is 17.0. The van der Waals surface area contributed by atoms with Crippen molar-refractivity contribution < 1.29 is 4.92 Å². The molecule has 0 saturated carbocycles. The van der Waals surface area contributed by atoms with Crippen LogP contribution in [0.1, 0.15) is 0 Å². The zero-order valence-electron chi connectivity index (χ0n) is 13.3. The summed E-state index contributed by atoms with van der Waals surface area (Å²) in [5, 5.41) is 13.7. The van der Waals surface area contributed by atoms with Crippen LogP contribution in [0.4, 0.5) is 5.69 Å². The number of rotatable bonds is 1. The highest BCUT2D eigenvalue weighted by Gasteiger charge is 2.26. The molecule has 0 heterocycles. The summed E-state index contributed by atoms with van der Waals surface area (Å²) in [5.74, 6) is 0. The lowest BCUT2D eigenvalue weighted by atomic mass is 9.92. The molecular weight excluding hydrogens is 310 g/mol. The third-order valence-corrected chi connectivity index (χ3v) is 4.92. The van der Waals surface area contributed by atoms with Gasteiger partial charge in [-0.15, -0.1) is 0 Å². The van der Waals surface area contributed by atoms with Gasteiger partial charge in [-0.2, -0.15) is 0 Å². The van der Waals surface area contributed by atoms with Crippen molar-refractivity contribution in [3.8, 4) is 33.4 Å². The van der Waals surface area contributed by atoms with Gasteiger partial charge in [0, 0.05) is 11.5 Å². The fraction of sp³-hybridized carbons (Fsp3) is 0. The summed E-state index contributed by atoms with van der Waals surface area (Å²) in [7, 11) is 0. The Bertz CT molecular complexity index is 1180. The topological polar surface area (TPSA) is 43.1 Å². The minimum absolute atomic E-state index is 0.153. The second-order valence-electron chi connectivity index (χ2n) is 6.21. The van der Waals surface area contributed by atoms with Gasteiger partial charge in [-0.25, -0.2) is 0 Å². The highest BCUT2D eigenvalue weighted by molar-refractivity contribution is 6.15. The second-order valence-corrected chi connectivity index (χ2v) is 6.21. The van der Waals surface area contributed by atoms with E-state index in [4.69, 9.17) is 0 Å². The second kappa shape index (κ2) is 5.02.